The Kier molecular flexibility index (Phi) is 5.94. The van der Waals surface area contributed by atoms with Crippen molar-refractivity contribution >= 4 is 8.32 Å². The molecular formula is C11H28NOSi+. The Morgan fingerprint density at radius 3 is 1.64 bits per heavy atom. The quantitative estimate of drug-likeness (QED) is 0.472. The molecule has 0 atom stereocenters. The summed E-state index contributed by atoms with van der Waals surface area (Å²) in [6.07, 6.45) is 0. The number of hydrogen-bond acceptors (Lipinski definition) is 1. The Morgan fingerprint density at radius 2 is 1.36 bits per heavy atom. The third kappa shape index (κ3) is 5.13. The molecule has 0 fully saturated rings. The zero-order chi connectivity index (χ0) is 11.2. The van der Waals surface area contributed by atoms with E-state index in [9.17, 15) is 0 Å². The van der Waals surface area contributed by atoms with Crippen LogP contribution in [-0.4, -0.2) is 45.6 Å². The van der Waals surface area contributed by atoms with Crippen LogP contribution in [-0.2, 0) is 4.43 Å². The number of rotatable bonds is 7. The van der Waals surface area contributed by atoms with E-state index in [4.69, 9.17) is 4.43 Å². The van der Waals surface area contributed by atoms with Gasteiger partial charge in [0.1, 0.15) is 6.54 Å². The van der Waals surface area contributed by atoms with Gasteiger partial charge in [0.15, 0.2) is 8.32 Å². The first-order valence-electron chi connectivity index (χ1n) is 5.88. The molecule has 3 heteroatoms. The van der Waals surface area contributed by atoms with Gasteiger partial charge >= 0.3 is 0 Å². The second-order valence-electron chi connectivity index (χ2n) is 4.97. The summed E-state index contributed by atoms with van der Waals surface area (Å²) in [5.74, 6) is 0. The highest BCUT2D eigenvalue weighted by Crippen LogP contribution is 2.08. The Morgan fingerprint density at radius 1 is 0.929 bits per heavy atom. The molecule has 0 radical (unpaired) electrons. The van der Waals surface area contributed by atoms with E-state index in [1.165, 1.54) is 30.7 Å². The zero-order valence-electron chi connectivity index (χ0n) is 10.9. The molecule has 0 aliphatic rings. The fourth-order valence-electron chi connectivity index (χ4n) is 1.69. The van der Waals surface area contributed by atoms with E-state index in [1.807, 2.05) is 0 Å². The summed E-state index contributed by atoms with van der Waals surface area (Å²) in [6, 6.07) is 0. The van der Waals surface area contributed by atoms with Gasteiger partial charge in [-0.05, 0) is 40.4 Å². The van der Waals surface area contributed by atoms with Gasteiger partial charge in [0, 0.05) is 0 Å². The maximum Gasteiger partial charge on any atom is 0.184 e. The summed E-state index contributed by atoms with van der Waals surface area (Å²) in [5.41, 5.74) is 0. The van der Waals surface area contributed by atoms with E-state index in [0.717, 1.165) is 6.61 Å². The van der Waals surface area contributed by atoms with E-state index in [0.29, 0.717) is 0 Å². The van der Waals surface area contributed by atoms with Gasteiger partial charge in [-0.15, -0.1) is 0 Å². The topological polar surface area (TPSA) is 9.23 Å². The lowest BCUT2D eigenvalue weighted by Gasteiger charge is -2.36. The minimum absolute atomic E-state index is 0.936. The van der Waals surface area contributed by atoms with Crippen molar-refractivity contribution in [2.75, 3.05) is 32.8 Å². The van der Waals surface area contributed by atoms with Crippen LogP contribution in [0.1, 0.15) is 20.8 Å². The molecule has 0 spiro atoms. The molecule has 14 heavy (non-hydrogen) atoms. The van der Waals surface area contributed by atoms with Crippen LogP contribution in [0.4, 0.5) is 0 Å². The molecular weight excluding hydrogens is 190 g/mol. The monoisotopic (exact) mass is 218 g/mol. The molecule has 0 heterocycles. The summed E-state index contributed by atoms with van der Waals surface area (Å²) in [7, 11) is -1.31. The van der Waals surface area contributed by atoms with Crippen molar-refractivity contribution in [1.29, 1.82) is 0 Å². The van der Waals surface area contributed by atoms with Crippen LogP contribution in [0.15, 0.2) is 0 Å². The highest BCUT2D eigenvalue weighted by atomic mass is 28.4. The van der Waals surface area contributed by atoms with Gasteiger partial charge in [-0.2, -0.15) is 0 Å². The molecule has 86 valence electrons. The van der Waals surface area contributed by atoms with Gasteiger partial charge < -0.3 is 8.91 Å². The summed E-state index contributed by atoms with van der Waals surface area (Å²) in [6.45, 7) is 19.4. The average molecular weight is 218 g/mol. The van der Waals surface area contributed by atoms with E-state index < -0.39 is 8.32 Å². The molecule has 0 aromatic heterocycles. The Hall–Kier alpha value is 0.137. The van der Waals surface area contributed by atoms with Crippen LogP contribution in [0.3, 0.4) is 0 Å². The summed E-state index contributed by atoms with van der Waals surface area (Å²) in [4.78, 5) is 0. The van der Waals surface area contributed by atoms with Crippen molar-refractivity contribution in [1.82, 2.24) is 0 Å². The molecule has 2 nitrogen and oxygen atoms in total. The first-order chi connectivity index (χ1) is 6.39. The van der Waals surface area contributed by atoms with Crippen molar-refractivity contribution in [2.45, 2.75) is 40.4 Å². The maximum atomic E-state index is 5.91. The Labute approximate surface area is 91.0 Å². The van der Waals surface area contributed by atoms with Crippen molar-refractivity contribution in [3.05, 3.63) is 0 Å². The van der Waals surface area contributed by atoms with Crippen LogP contribution < -0.4 is 0 Å². The second kappa shape index (κ2) is 5.88. The van der Waals surface area contributed by atoms with Crippen molar-refractivity contribution in [3.8, 4) is 0 Å². The smallest absolute Gasteiger partial charge is 0.184 e. The zero-order valence-corrected chi connectivity index (χ0v) is 11.9. The summed E-state index contributed by atoms with van der Waals surface area (Å²) < 4.78 is 7.11. The Bertz CT molecular complexity index is 142. The van der Waals surface area contributed by atoms with Crippen molar-refractivity contribution < 1.29 is 8.91 Å². The van der Waals surface area contributed by atoms with E-state index in [2.05, 4.69) is 40.4 Å². The van der Waals surface area contributed by atoms with E-state index >= 15 is 0 Å². The standard InChI is InChI=1S/C11H28NOSi/c1-7-12(8-2,9-3)10-11-13-14(4,5)6/h7-11H2,1-6H3/q+1. The van der Waals surface area contributed by atoms with E-state index in [1.54, 1.807) is 0 Å². The number of likely N-dealkylation sites (N-methyl/N-ethyl adjacent to an activating group) is 1. The van der Waals surface area contributed by atoms with Gasteiger partial charge in [0.05, 0.1) is 26.2 Å². The molecule has 0 saturated heterocycles. The third-order valence-electron chi connectivity index (χ3n) is 3.11. The molecule has 0 aliphatic carbocycles. The van der Waals surface area contributed by atoms with Crippen molar-refractivity contribution in [3.63, 3.8) is 0 Å². The fraction of sp³-hybridized carbons (Fsp3) is 1.00. The molecule has 0 N–H and O–H groups in total. The number of hydrogen-bond donors (Lipinski definition) is 0. The lowest BCUT2D eigenvalue weighted by atomic mass is 10.3. The maximum absolute atomic E-state index is 5.91. The van der Waals surface area contributed by atoms with Gasteiger partial charge in [0.25, 0.3) is 0 Å². The van der Waals surface area contributed by atoms with Crippen LogP contribution >= 0.6 is 0 Å². The Balaban J connectivity index is 3.95. The van der Waals surface area contributed by atoms with E-state index in [-0.39, 0.29) is 0 Å². The summed E-state index contributed by atoms with van der Waals surface area (Å²) in [5, 5.41) is 0. The highest BCUT2D eigenvalue weighted by molar-refractivity contribution is 6.69. The number of nitrogens with zero attached hydrogens (tertiary/aromatic N) is 1. The van der Waals surface area contributed by atoms with Gasteiger partial charge in [-0.25, -0.2) is 0 Å². The lowest BCUT2D eigenvalue weighted by Crippen LogP contribution is -2.50. The van der Waals surface area contributed by atoms with Crippen molar-refractivity contribution in [2.24, 2.45) is 0 Å². The van der Waals surface area contributed by atoms with Gasteiger partial charge in [0.2, 0.25) is 0 Å². The van der Waals surface area contributed by atoms with Gasteiger partial charge in [-0.1, -0.05) is 0 Å². The molecule has 0 aliphatic heterocycles. The molecule has 0 rings (SSSR count). The van der Waals surface area contributed by atoms with Crippen LogP contribution in [0, 0.1) is 0 Å². The SMILES string of the molecule is CC[N+](CC)(CC)CCO[Si](C)(C)C. The average Bonchev–Trinajstić information content (AvgIpc) is 2.11. The van der Waals surface area contributed by atoms with Crippen LogP contribution in [0.2, 0.25) is 19.6 Å². The lowest BCUT2D eigenvalue weighted by molar-refractivity contribution is -0.923. The fourth-order valence-corrected chi connectivity index (χ4v) is 2.39. The largest absolute Gasteiger partial charge is 0.412 e. The van der Waals surface area contributed by atoms with Crippen LogP contribution in [0.5, 0.6) is 0 Å². The first-order valence-corrected chi connectivity index (χ1v) is 9.29. The molecule has 0 unspecified atom stereocenters. The minimum Gasteiger partial charge on any atom is -0.412 e. The molecule has 0 aromatic carbocycles. The first kappa shape index (κ1) is 14.1. The highest BCUT2D eigenvalue weighted by Gasteiger charge is 2.22. The molecule has 0 amide bonds. The minimum atomic E-state index is -1.31. The molecule has 0 bridgehead atoms. The summed E-state index contributed by atoms with van der Waals surface area (Å²) >= 11 is 0. The number of quaternary nitrogens is 1. The molecule has 0 aromatic rings. The molecule has 0 saturated carbocycles. The normalized spacial score (nSPS) is 13.3. The van der Waals surface area contributed by atoms with Gasteiger partial charge in [-0.3, -0.25) is 0 Å². The predicted octanol–water partition coefficient (Wildman–Crippen LogP) is 2.71. The van der Waals surface area contributed by atoms with Crippen LogP contribution in [0.25, 0.3) is 0 Å². The second-order valence-corrected chi connectivity index (χ2v) is 9.49. The third-order valence-corrected chi connectivity index (χ3v) is 4.18. The predicted molar refractivity (Wildman–Crippen MR) is 66.0 cm³/mol.